The van der Waals surface area contributed by atoms with Crippen LogP contribution in [0.25, 0.3) is 10.9 Å². The third-order valence-corrected chi connectivity index (χ3v) is 3.25. The van der Waals surface area contributed by atoms with Gasteiger partial charge in [-0.1, -0.05) is 18.2 Å². The molecule has 1 aromatic heterocycles. The van der Waals surface area contributed by atoms with Gasteiger partial charge in [-0.05, 0) is 12.1 Å². The van der Waals surface area contributed by atoms with Crippen LogP contribution >= 0.6 is 0 Å². The predicted octanol–water partition coefficient (Wildman–Crippen LogP) is 1.51. The molecular formula is C15H17N3O3. The zero-order chi connectivity index (χ0) is 15.4. The topological polar surface area (TPSA) is 82.5 Å². The lowest BCUT2D eigenvalue weighted by Gasteiger charge is -2.20. The van der Waals surface area contributed by atoms with Crippen LogP contribution in [0.1, 0.15) is 16.8 Å². The summed E-state index contributed by atoms with van der Waals surface area (Å²) >= 11 is 0. The molecule has 0 unspecified atom stereocenters. The fourth-order valence-electron chi connectivity index (χ4n) is 2.05. The normalized spacial score (nSPS) is 10.4. The molecule has 110 valence electrons. The second-order valence-corrected chi connectivity index (χ2v) is 4.70. The van der Waals surface area contributed by atoms with E-state index in [1.165, 1.54) is 0 Å². The first-order chi connectivity index (χ1) is 10.0. The van der Waals surface area contributed by atoms with E-state index >= 15 is 0 Å². The standard InChI is InChI=1S/C15H17N3O3/c1-16-13(19)7-8-18(2)14-11(15(20)21)9-10-5-3-4-6-12(10)17-14/h3-6,9H,7-8H2,1-2H3,(H,16,19)(H,20,21). The van der Waals surface area contributed by atoms with E-state index in [1.807, 2.05) is 24.3 Å². The van der Waals surface area contributed by atoms with Crippen molar-refractivity contribution in [3.05, 3.63) is 35.9 Å². The van der Waals surface area contributed by atoms with Crippen LogP contribution in [0.3, 0.4) is 0 Å². The number of carboxylic acids is 1. The number of aromatic nitrogens is 1. The van der Waals surface area contributed by atoms with Gasteiger partial charge in [0.15, 0.2) is 0 Å². The average molecular weight is 287 g/mol. The molecule has 0 aliphatic carbocycles. The first-order valence-corrected chi connectivity index (χ1v) is 6.57. The van der Waals surface area contributed by atoms with Gasteiger partial charge in [0, 0.05) is 32.4 Å². The number of para-hydroxylation sites is 1. The number of nitrogens with one attached hydrogen (secondary N) is 1. The van der Waals surface area contributed by atoms with Crippen molar-refractivity contribution in [2.24, 2.45) is 0 Å². The number of rotatable bonds is 5. The molecule has 0 atom stereocenters. The predicted molar refractivity (Wildman–Crippen MR) is 80.7 cm³/mol. The molecule has 1 amide bonds. The molecule has 1 heterocycles. The maximum Gasteiger partial charge on any atom is 0.339 e. The van der Waals surface area contributed by atoms with Crippen LogP contribution in [0.15, 0.2) is 30.3 Å². The van der Waals surface area contributed by atoms with Gasteiger partial charge in [0.05, 0.1) is 5.52 Å². The zero-order valence-electron chi connectivity index (χ0n) is 12.0. The number of carbonyl (C=O) groups excluding carboxylic acids is 1. The van der Waals surface area contributed by atoms with Gasteiger partial charge in [-0.2, -0.15) is 0 Å². The highest BCUT2D eigenvalue weighted by Crippen LogP contribution is 2.23. The monoisotopic (exact) mass is 287 g/mol. The molecular weight excluding hydrogens is 270 g/mol. The summed E-state index contributed by atoms with van der Waals surface area (Å²) in [5, 5.41) is 12.7. The van der Waals surface area contributed by atoms with Crippen LogP contribution < -0.4 is 10.2 Å². The Morgan fingerprint density at radius 1 is 1.33 bits per heavy atom. The minimum atomic E-state index is -1.03. The first-order valence-electron chi connectivity index (χ1n) is 6.57. The lowest BCUT2D eigenvalue weighted by atomic mass is 10.1. The third-order valence-electron chi connectivity index (χ3n) is 3.25. The molecule has 0 fully saturated rings. The smallest absolute Gasteiger partial charge is 0.339 e. The maximum absolute atomic E-state index is 11.4. The minimum Gasteiger partial charge on any atom is -0.478 e. The van der Waals surface area contributed by atoms with E-state index in [1.54, 1.807) is 25.1 Å². The molecule has 6 nitrogen and oxygen atoms in total. The summed E-state index contributed by atoms with van der Waals surface area (Å²) in [5.41, 5.74) is 0.859. The lowest BCUT2D eigenvalue weighted by molar-refractivity contribution is -0.120. The van der Waals surface area contributed by atoms with Gasteiger partial charge >= 0.3 is 5.97 Å². The lowest BCUT2D eigenvalue weighted by Crippen LogP contribution is -2.28. The summed E-state index contributed by atoms with van der Waals surface area (Å²) in [6.45, 7) is 0.394. The number of aromatic carboxylic acids is 1. The Hall–Kier alpha value is -2.63. The molecule has 2 rings (SSSR count). The summed E-state index contributed by atoms with van der Waals surface area (Å²) in [6, 6.07) is 8.95. The Kier molecular flexibility index (Phi) is 4.37. The van der Waals surface area contributed by atoms with E-state index in [0.717, 1.165) is 10.9 Å². The molecule has 0 bridgehead atoms. The Morgan fingerprint density at radius 2 is 2.05 bits per heavy atom. The Morgan fingerprint density at radius 3 is 2.71 bits per heavy atom. The number of hydrogen-bond donors (Lipinski definition) is 2. The van der Waals surface area contributed by atoms with Crippen molar-refractivity contribution in [2.45, 2.75) is 6.42 Å². The van der Waals surface area contributed by atoms with E-state index < -0.39 is 5.97 Å². The number of benzene rings is 1. The Balaban J connectivity index is 2.38. The van der Waals surface area contributed by atoms with Crippen molar-refractivity contribution < 1.29 is 14.7 Å². The van der Waals surface area contributed by atoms with Crippen LogP contribution in [0, 0.1) is 0 Å². The van der Waals surface area contributed by atoms with Crippen LogP contribution in [-0.2, 0) is 4.79 Å². The number of fused-ring (bicyclic) bond motifs is 1. The number of anilines is 1. The SMILES string of the molecule is CNC(=O)CCN(C)c1nc2ccccc2cc1C(=O)O. The molecule has 0 radical (unpaired) electrons. The number of carboxylic acid groups (broad SMARTS) is 1. The largest absolute Gasteiger partial charge is 0.478 e. The van der Waals surface area contributed by atoms with E-state index in [-0.39, 0.29) is 17.9 Å². The van der Waals surface area contributed by atoms with Crippen molar-refractivity contribution in [1.82, 2.24) is 10.3 Å². The molecule has 0 saturated heterocycles. The molecule has 0 aliphatic heterocycles. The van der Waals surface area contributed by atoms with Crippen molar-refractivity contribution in [3.63, 3.8) is 0 Å². The molecule has 1 aromatic carbocycles. The molecule has 0 spiro atoms. The van der Waals surface area contributed by atoms with Crippen molar-refractivity contribution in [2.75, 3.05) is 25.5 Å². The number of carbonyl (C=O) groups is 2. The van der Waals surface area contributed by atoms with Crippen LogP contribution in [-0.4, -0.2) is 42.6 Å². The number of hydrogen-bond acceptors (Lipinski definition) is 4. The zero-order valence-corrected chi connectivity index (χ0v) is 12.0. The molecule has 2 N–H and O–H groups in total. The van der Waals surface area contributed by atoms with Crippen LogP contribution in [0.4, 0.5) is 5.82 Å². The second kappa shape index (κ2) is 6.21. The van der Waals surface area contributed by atoms with Crippen molar-refractivity contribution >= 4 is 28.6 Å². The number of nitrogens with zero attached hydrogens (tertiary/aromatic N) is 2. The Labute approximate surface area is 122 Å². The van der Waals surface area contributed by atoms with E-state index in [2.05, 4.69) is 10.3 Å². The summed E-state index contributed by atoms with van der Waals surface area (Å²) < 4.78 is 0. The molecule has 0 saturated carbocycles. The molecule has 2 aromatic rings. The first kappa shape index (κ1) is 14.8. The van der Waals surface area contributed by atoms with Crippen LogP contribution in [0.5, 0.6) is 0 Å². The molecule has 6 heteroatoms. The Bertz CT molecular complexity index is 685. The third kappa shape index (κ3) is 3.28. The van der Waals surface area contributed by atoms with Crippen molar-refractivity contribution in [1.29, 1.82) is 0 Å². The van der Waals surface area contributed by atoms with Gasteiger partial charge in [-0.3, -0.25) is 4.79 Å². The highest BCUT2D eigenvalue weighted by atomic mass is 16.4. The molecule has 21 heavy (non-hydrogen) atoms. The summed E-state index contributed by atoms with van der Waals surface area (Å²) in [4.78, 5) is 28.8. The van der Waals surface area contributed by atoms with Gasteiger partial charge in [-0.25, -0.2) is 9.78 Å². The highest BCUT2D eigenvalue weighted by molar-refractivity contribution is 5.98. The quantitative estimate of drug-likeness (QED) is 0.871. The number of pyridine rings is 1. The van der Waals surface area contributed by atoms with E-state index in [4.69, 9.17) is 0 Å². The number of amides is 1. The highest BCUT2D eigenvalue weighted by Gasteiger charge is 2.17. The van der Waals surface area contributed by atoms with E-state index in [0.29, 0.717) is 12.4 Å². The molecule has 0 aliphatic rings. The fraction of sp³-hybridized carbons (Fsp3) is 0.267. The second-order valence-electron chi connectivity index (χ2n) is 4.70. The van der Waals surface area contributed by atoms with Crippen LogP contribution in [0.2, 0.25) is 0 Å². The van der Waals surface area contributed by atoms with Gasteiger partial charge < -0.3 is 15.3 Å². The fourth-order valence-corrected chi connectivity index (χ4v) is 2.05. The maximum atomic E-state index is 11.4. The van der Waals surface area contributed by atoms with Gasteiger partial charge in [0.1, 0.15) is 11.4 Å². The summed E-state index contributed by atoms with van der Waals surface area (Å²) in [6.07, 6.45) is 0.278. The average Bonchev–Trinajstić information content (AvgIpc) is 2.50. The minimum absolute atomic E-state index is 0.0977. The van der Waals surface area contributed by atoms with Crippen molar-refractivity contribution in [3.8, 4) is 0 Å². The van der Waals surface area contributed by atoms with Gasteiger partial charge in [0.2, 0.25) is 5.91 Å². The summed E-state index contributed by atoms with van der Waals surface area (Å²) in [7, 11) is 3.30. The summed E-state index contributed by atoms with van der Waals surface area (Å²) in [5.74, 6) is -0.764. The van der Waals surface area contributed by atoms with Gasteiger partial charge in [-0.15, -0.1) is 0 Å². The van der Waals surface area contributed by atoms with E-state index in [9.17, 15) is 14.7 Å². The van der Waals surface area contributed by atoms with Gasteiger partial charge in [0.25, 0.3) is 0 Å².